The highest BCUT2D eigenvalue weighted by molar-refractivity contribution is 14.0. The van der Waals surface area contributed by atoms with Crippen LogP contribution in [-0.2, 0) is 10.3 Å². The van der Waals surface area contributed by atoms with Gasteiger partial charge in [0.2, 0.25) is 0 Å². The number of hydrogen-bond donors (Lipinski definition) is 3. The molecule has 1 rings (SSSR count). The van der Waals surface area contributed by atoms with E-state index in [1.807, 2.05) is 13.8 Å². The van der Waals surface area contributed by atoms with Gasteiger partial charge in [-0.2, -0.15) is 0 Å². The number of furan rings is 1. The lowest BCUT2D eigenvalue weighted by atomic mass is 10.0. The zero-order valence-electron chi connectivity index (χ0n) is 13.6. The van der Waals surface area contributed by atoms with Gasteiger partial charge in [0, 0.05) is 26.3 Å². The van der Waals surface area contributed by atoms with E-state index in [1.54, 1.807) is 25.3 Å². The molecule has 0 aliphatic carbocycles. The van der Waals surface area contributed by atoms with Crippen LogP contribution in [0, 0.1) is 0 Å². The van der Waals surface area contributed by atoms with Crippen molar-refractivity contribution < 1.29 is 14.3 Å². The van der Waals surface area contributed by atoms with Gasteiger partial charge in [0.25, 0.3) is 0 Å². The summed E-state index contributed by atoms with van der Waals surface area (Å²) in [6.07, 6.45) is 2.46. The normalized spacial score (nSPS) is 14.1. The molecule has 6 nitrogen and oxygen atoms in total. The van der Waals surface area contributed by atoms with Gasteiger partial charge >= 0.3 is 0 Å². The molecule has 1 heterocycles. The Labute approximate surface area is 149 Å². The molecule has 1 unspecified atom stereocenters. The highest BCUT2D eigenvalue weighted by Crippen LogP contribution is 2.20. The monoisotopic (exact) mass is 425 g/mol. The van der Waals surface area contributed by atoms with E-state index in [1.165, 1.54) is 0 Å². The fraction of sp³-hybridized carbons (Fsp3) is 0.667. The first-order valence-electron chi connectivity index (χ1n) is 7.46. The lowest BCUT2D eigenvalue weighted by Crippen LogP contribution is -2.39. The third-order valence-corrected chi connectivity index (χ3v) is 2.90. The molecule has 0 bridgehead atoms. The number of guanidine groups is 1. The van der Waals surface area contributed by atoms with Crippen molar-refractivity contribution in [2.24, 2.45) is 4.99 Å². The third-order valence-electron chi connectivity index (χ3n) is 2.90. The number of halogens is 1. The summed E-state index contributed by atoms with van der Waals surface area (Å²) in [5.41, 5.74) is -1.11. The van der Waals surface area contributed by atoms with E-state index in [0.717, 1.165) is 32.7 Å². The number of hydrogen-bond acceptors (Lipinski definition) is 4. The van der Waals surface area contributed by atoms with Crippen LogP contribution in [-0.4, -0.2) is 43.9 Å². The van der Waals surface area contributed by atoms with Gasteiger partial charge in [-0.3, -0.25) is 0 Å². The Morgan fingerprint density at radius 1 is 1.41 bits per heavy atom. The zero-order valence-corrected chi connectivity index (χ0v) is 15.9. The van der Waals surface area contributed by atoms with Crippen molar-refractivity contribution in [1.82, 2.24) is 10.6 Å². The zero-order chi connectivity index (χ0) is 15.6. The van der Waals surface area contributed by atoms with Gasteiger partial charge in [-0.25, -0.2) is 4.99 Å². The highest BCUT2D eigenvalue weighted by atomic mass is 127. The van der Waals surface area contributed by atoms with Gasteiger partial charge in [-0.15, -0.1) is 24.0 Å². The van der Waals surface area contributed by atoms with Crippen LogP contribution in [0.2, 0.25) is 0 Å². The summed E-state index contributed by atoms with van der Waals surface area (Å²) < 4.78 is 10.5. The number of rotatable bonds is 9. The van der Waals surface area contributed by atoms with Crippen LogP contribution in [0.4, 0.5) is 0 Å². The van der Waals surface area contributed by atoms with E-state index in [2.05, 4.69) is 15.6 Å². The van der Waals surface area contributed by atoms with Crippen molar-refractivity contribution in [3.63, 3.8) is 0 Å². The second-order valence-corrected chi connectivity index (χ2v) is 4.92. The molecule has 0 aromatic carbocycles. The van der Waals surface area contributed by atoms with Crippen molar-refractivity contribution >= 4 is 29.9 Å². The van der Waals surface area contributed by atoms with Gasteiger partial charge in [0.15, 0.2) is 5.96 Å². The van der Waals surface area contributed by atoms with Crippen LogP contribution in [0.5, 0.6) is 0 Å². The second kappa shape index (κ2) is 11.7. The Morgan fingerprint density at radius 3 is 2.77 bits per heavy atom. The first kappa shape index (κ1) is 21.2. The van der Waals surface area contributed by atoms with Crippen molar-refractivity contribution in [3.05, 3.63) is 24.2 Å². The minimum absolute atomic E-state index is 0. The fourth-order valence-electron chi connectivity index (χ4n) is 1.76. The highest BCUT2D eigenvalue weighted by Gasteiger charge is 2.25. The van der Waals surface area contributed by atoms with Crippen LogP contribution in [0.15, 0.2) is 27.8 Å². The summed E-state index contributed by atoms with van der Waals surface area (Å²) >= 11 is 0. The molecular weight excluding hydrogens is 397 g/mol. The van der Waals surface area contributed by atoms with E-state index in [9.17, 15) is 5.11 Å². The van der Waals surface area contributed by atoms with E-state index >= 15 is 0 Å². The summed E-state index contributed by atoms with van der Waals surface area (Å²) in [7, 11) is 0. The molecule has 1 aromatic rings. The van der Waals surface area contributed by atoms with E-state index in [4.69, 9.17) is 9.15 Å². The number of aliphatic hydroxyl groups is 1. The summed E-state index contributed by atoms with van der Waals surface area (Å²) in [6, 6.07) is 3.50. The molecule has 1 aromatic heterocycles. The Balaban J connectivity index is 0.00000441. The Bertz CT molecular complexity index is 408. The maximum Gasteiger partial charge on any atom is 0.191 e. The van der Waals surface area contributed by atoms with Crippen LogP contribution >= 0.6 is 24.0 Å². The van der Waals surface area contributed by atoms with Crippen molar-refractivity contribution in [2.45, 2.75) is 32.8 Å². The average molecular weight is 425 g/mol. The molecule has 0 aliphatic heterocycles. The summed E-state index contributed by atoms with van der Waals surface area (Å²) in [6.45, 7) is 8.90. The molecule has 3 N–H and O–H groups in total. The Kier molecular flexibility index (Phi) is 11.3. The lowest BCUT2D eigenvalue weighted by molar-refractivity contribution is 0.0437. The van der Waals surface area contributed by atoms with Crippen molar-refractivity contribution in [2.75, 3.05) is 32.8 Å². The quantitative estimate of drug-likeness (QED) is 0.245. The van der Waals surface area contributed by atoms with Crippen molar-refractivity contribution in [3.8, 4) is 0 Å². The first-order chi connectivity index (χ1) is 10.1. The molecule has 7 heteroatoms. The van der Waals surface area contributed by atoms with Gasteiger partial charge in [0.1, 0.15) is 11.4 Å². The fourth-order valence-corrected chi connectivity index (χ4v) is 1.76. The number of aliphatic imine (C=N–C) groups is 1. The second-order valence-electron chi connectivity index (χ2n) is 4.92. The van der Waals surface area contributed by atoms with Crippen LogP contribution in [0.25, 0.3) is 0 Å². The summed E-state index contributed by atoms with van der Waals surface area (Å²) in [5.74, 6) is 1.19. The number of nitrogens with zero attached hydrogens (tertiary/aromatic N) is 1. The van der Waals surface area contributed by atoms with Crippen LogP contribution in [0.3, 0.4) is 0 Å². The first-order valence-corrected chi connectivity index (χ1v) is 7.46. The third kappa shape index (κ3) is 8.00. The van der Waals surface area contributed by atoms with Gasteiger partial charge in [0.05, 0.1) is 12.8 Å². The van der Waals surface area contributed by atoms with Crippen molar-refractivity contribution in [1.29, 1.82) is 0 Å². The average Bonchev–Trinajstić information content (AvgIpc) is 2.99. The molecule has 1 atom stereocenters. The Morgan fingerprint density at radius 2 is 2.18 bits per heavy atom. The number of nitrogens with one attached hydrogen (secondary N) is 2. The molecule has 0 aliphatic rings. The van der Waals surface area contributed by atoms with E-state index < -0.39 is 5.60 Å². The van der Waals surface area contributed by atoms with Gasteiger partial charge < -0.3 is 24.9 Å². The van der Waals surface area contributed by atoms with E-state index in [0.29, 0.717) is 11.7 Å². The Hall–Kier alpha value is -0.800. The van der Waals surface area contributed by atoms with Gasteiger partial charge in [-0.1, -0.05) is 0 Å². The summed E-state index contributed by atoms with van der Waals surface area (Å²) in [5, 5.41) is 16.7. The standard InChI is InChI=1S/C15H27N3O3.HI/c1-4-16-14(17-9-7-10-20-5-2)18-12-15(3,19)13-8-6-11-21-13;/h6,8,11,19H,4-5,7,9-10,12H2,1-3H3,(H2,16,17,18);1H. The molecule has 0 saturated heterocycles. The maximum absolute atomic E-state index is 10.4. The molecule has 0 fully saturated rings. The molecule has 22 heavy (non-hydrogen) atoms. The van der Waals surface area contributed by atoms with E-state index in [-0.39, 0.29) is 30.5 Å². The van der Waals surface area contributed by atoms with Crippen LogP contribution < -0.4 is 10.6 Å². The predicted octanol–water partition coefficient (Wildman–Crippen LogP) is 2.09. The molecule has 0 radical (unpaired) electrons. The minimum Gasteiger partial charge on any atom is -0.466 e. The topological polar surface area (TPSA) is 79.0 Å². The number of ether oxygens (including phenoxy) is 1. The van der Waals surface area contributed by atoms with Crippen LogP contribution in [0.1, 0.15) is 33.0 Å². The molecule has 0 amide bonds. The largest absolute Gasteiger partial charge is 0.466 e. The molecule has 0 saturated carbocycles. The predicted molar refractivity (Wildman–Crippen MR) is 98.8 cm³/mol. The lowest BCUT2D eigenvalue weighted by Gasteiger charge is -2.19. The molecule has 128 valence electrons. The van der Waals surface area contributed by atoms with Gasteiger partial charge in [-0.05, 0) is 39.3 Å². The SMILES string of the molecule is CCNC(=NCC(C)(O)c1ccco1)NCCCOCC.I. The molecular formula is C15H28IN3O3. The summed E-state index contributed by atoms with van der Waals surface area (Å²) in [4.78, 5) is 4.40. The maximum atomic E-state index is 10.4. The molecule has 0 spiro atoms. The smallest absolute Gasteiger partial charge is 0.191 e. The minimum atomic E-state index is -1.11.